The average Bonchev–Trinajstić information content (AvgIpc) is 3.81. The molecule has 7 rings (SSSR count). The van der Waals surface area contributed by atoms with Gasteiger partial charge in [0.25, 0.3) is 0 Å². The summed E-state index contributed by atoms with van der Waals surface area (Å²) in [5.41, 5.74) is -0.701. The molecule has 6 unspecified atom stereocenters. The summed E-state index contributed by atoms with van der Waals surface area (Å²) >= 11 is 0. The van der Waals surface area contributed by atoms with Crippen molar-refractivity contribution in [2.45, 2.75) is 115 Å². The van der Waals surface area contributed by atoms with Crippen LogP contribution in [0.2, 0.25) is 0 Å². The van der Waals surface area contributed by atoms with E-state index in [1.54, 1.807) is 0 Å². The number of cyclic esters (lactones) is 2. The molecule has 9 heteroatoms. The van der Waals surface area contributed by atoms with E-state index in [1.165, 1.54) is 25.7 Å². The minimum Gasteiger partial charge on any atom is -0.462 e. The third kappa shape index (κ3) is 6.94. The fourth-order valence-corrected chi connectivity index (χ4v) is 7.29. The fraction of sp³-hybridized carbons (Fsp3) is 0.750. The van der Waals surface area contributed by atoms with Crippen LogP contribution < -0.4 is 0 Å². The second-order valence-corrected chi connectivity index (χ2v) is 13.2. The molecule has 1 N–H and O–H groups in total. The third-order valence-electron chi connectivity index (χ3n) is 9.88. The van der Waals surface area contributed by atoms with Crippen LogP contribution in [-0.4, -0.2) is 60.0 Å². The molecule has 0 spiro atoms. The van der Waals surface area contributed by atoms with Crippen LogP contribution in [0.3, 0.4) is 0 Å². The van der Waals surface area contributed by atoms with Gasteiger partial charge < -0.3 is 24.1 Å². The van der Waals surface area contributed by atoms with Crippen molar-refractivity contribution >= 4 is 23.9 Å². The Hall–Kier alpha value is -2.52. The highest BCUT2D eigenvalue weighted by Crippen LogP contribution is 2.51. The minimum atomic E-state index is -1.22. The number of hydrogen-bond donors (Lipinski definition) is 1. The molecule has 3 saturated carbocycles. The summed E-state index contributed by atoms with van der Waals surface area (Å²) in [6.07, 6.45) is 21.5. The molecule has 2 saturated heterocycles. The van der Waals surface area contributed by atoms with Crippen LogP contribution >= 0.6 is 0 Å². The van der Waals surface area contributed by atoms with Crippen LogP contribution in [0.15, 0.2) is 24.3 Å². The molecule has 5 aliphatic carbocycles. The van der Waals surface area contributed by atoms with Gasteiger partial charge in [0.1, 0.15) is 12.2 Å². The van der Waals surface area contributed by atoms with E-state index in [9.17, 15) is 19.2 Å². The highest BCUT2D eigenvalue weighted by atomic mass is 16.6. The Bertz CT molecular complexity index is 1070. The number of aliphatic hydroxyl groups excluding tert-OH is 1. The second kappa shape index (κ2) is 12.4. The largest absolute Gasteiger partial charge is 0.462 e. The van der Waals surface area contributed by atoms with Crippen LogP contribution in [-0.2, 0) is 38.1 Å². The molecule has 0 amide bonds. The summed E-state index contributed by atoms with van der Waals surface area (Å²) in [5.74, 6) is -0.202. The summed E-state index contributed by atoms with van der Waals surface area (Å²) in [5, 5.41) is 8.47. The van der Waals surface area contributed by atoms with Crippen LogP contribution in [0.5, 0.6) is 0 Å². The fourth-order valence-electron chi connectivity index (χ4n) is 7.29. The lowest BCUT2D eigenvalue weighted by molar-refractivity contribution is -0.170. The predicted molar refractivity (Wildman–Crippen MR) is 147 cm³/mol. The monoisotopic (exact) mass is 572 g/mol. The Morgan fingerprint density at radius 1 is 0.902 bits per heavy atom. The standard InChI is InChI=1S/C15H22O2.C13H18O3.C4H4O4/c1-14(7-3-2-4-8-14)17-13(16)15-9-5-12(11-15)6-10-15;14-12(16-9-11-2-1-7-15-11)13-5-3-10(8-13)4-6-13;5-2-1-3(6)8-4(2)7/h5,9,12H,2-4,6-8,10-11H2,1H3;3,5,10-11H,1-2,4,6-9H2;2,5H,1H2. The number of aliphatic hydroxyl groups is 1. The zero-order valence-corrected chi connectivity index (χ0v) is 24.1. The molecule has 9 nitrogen and oxygen atoms in total. The highest BCUT2D eigenvalue weighted by molar-refractivity contribution is 5.95. The molecule has 4 bridgehead atoms. The molecule has 226 valence electrons. The van der Waals surface area contributed by atoms with Crippen molar-refractivity contribution in [2.24, 2.45) is 22.7 Å². The van der Waals surface area contributed by atoms with Crippen molar-refractivity contribution < 1.29 is 43.2 Å². The molecule has 0 aromatic rings. The van der Waals surface area contributed by atoms with Crippen molar-refractivity contribution in [3.05, 3.63) is 24.3 Å². The number of carbonyl (C=O) groups is 4. The number of esters is 4. The van der Waals surface area contributed by atoms with Gasteiger partial charge in [0, 0.05) is 6.61 Å². The van der Waals surface area contributed by atoms with Gasteiger partial charge in [-0.1, -0.05) is 30.7 Å². The zero-order chi connectivity index (χ0) is 29.1. The molecule has 2 aliphatic heterocycles. The topological polar surface area (TPSA) is 125 Å². The Morgan fingerprint density at radius 3 is 1.95 bits per heavy atom. The smallest absolute Gasteiger partial charge is 0.343 e. The Balaban J connectivity index is 0.000000132. The first-order valence-electron chi connectivity index (χ1n) is 15.4. The van der Waals surface area contributed by atoms with Gasteiger partial charge in [-0.2, -0.15) is 0 Å². The maximum atomic E-state index is 12.4. The molecule has 5 fully saturated rings. The Morgan fingerprint density at radius 2 is 1.54 bits per heavy atom. The number of ether oxygens (including phenoxy) is 4. The quantitative estimate of drug-likeness (QED) is 0.219. The summed E-state index contributed by atoms with van der Waals surface area (Å²) in [4.78, 5) is 44.6. The van der Waals surface area contributed by atoms with E-state index in [-0.39, 0.29) is 40.9 Å². The molecule has 7 aliphatic rings. The summed E-state index contributed by atoms with van der Waals surface area (Å²) in [7, 11) is 0. The molecule has 0 radical (unpaired) electrons. The molecule has 6 atom stereocenters. The first-order valence-corrected chi connectivity index (χ1v) is 15.4. The number of rotatable bonds is 5. The van der Waals surface area contributed by atoms with Crippen molar-refractivity contribution in [2.75, 3.05) is 13.2 Å². The SMILES string of the molecule is CC1(OC(=O)C23C=CC(CC2)C3)CCCCC1.O=C(OCC1CCCO1)C12C=CC(CC1)C2.O=C1CC(O)C(=O)O1. The second-order valence-electron chi connectivity index (χ2n) is 13.2. The number of fused-ring (bicyclic) bond motifs is 4. The molecule has 2 heterocycles. The third-order valence-corrected chi connectivity index (χ3v) is 9.88. The van der Waals surface area contributed by atoms with Gasteiger partial charge in [0.2, 0.25) is 0 Å². The number of carbonyl (C=O) groups excluding carboxylic acids is 4. The first kappa shape index (κ1) is 30.0. The predicted octanol–water partition coefficient (Wildman–Crippen LogP) is 4.49. The van der Waals surface area contributed by atoms with Crippen LogP contribution in [0.4, 0.5) is 0 Å². The van der Waals surface area contributed by atoms with E-state index >= 15 is 0 Å². The first-order chi connectivity index (χ1) is 19.6. The normalized spacial score (nSPS) is 37.2. The van der Waals surface area contributed by atoms with Gasteiger partial charge in [-0.3, -0.25) is 14.4 Å². The molecular weight excluding hydrogens is 528 g/mol. The maximum Gasteiger partial charge on any atom is 0.343 e. The lowest BCUT2D eigenvalue weighted by atomic mass is 9.84. The van der Waals surface area contributed by atoms with Crippen LogP contribution in [0, 0.1) is 22.7 Å². The van der Waals surface area contributed by atoms with Crippen molar-refractivity contribution in [3.8, 4) is 0 Å². The summed E-state index contributed by atoms with van der Waals surface area (Å²) in [6, 6.07) is 0. The zero-order valence-electron chi connectivity index (χ0n) is 24.1. The van der Waals surface area contributed by atoms with Gasteiger partial charge in [0.15, 0.2) is 6.10 Å². The van der Waals surface area contributed by atoms with Gasteiger partial charge in [-0.15, -0.1) is 0 Å². The summed E-state index contributed by atoms with van der Waals surface area (Å²) < 4.78 is 20.7. The van der Waals surface area contributed by atoms with Crippen LogP contribution in [0.25, 0.3) is 0 Å². The van der Waals surface area contributed by atoms with E-state index in [1.807, 2.05) is 0 Å². The van der Waals surface area contributed by atoms with Crippen molar-refractivity contribution in [1.29, 1.82) is 0 Å². The van der Waals surface area contributed by atoms with Gasteiger partial charge in [0.05, 0.1) is 23.4 Å². The highest BCUT2D eigenvalue weighted by Gasteiger charge is 2.50. The number of hydrogen-bond acceptors (Lipinski definition) is 9. The average molecular weight is 573 g/mol. The van der Waals surface area contributed by atoms with Gasteiger partial charge in [-0.05, 0) is 95.8 Å². The molecule has 0 aromatic carbocycles. The Labute approximate surface area is 242 Å². The minimum absolute atomic E-state index is 0.0285. The van der Waals surface area contributed by atoms with E-state index in [4.69, 9.17) is 19.3 Å². The lowest BCUT2D eigenvalue weighted by Crippen LogP contribution is -2.39. The van der Waals surface area contributed by atoms with Gasteiger partial charge >= 0.3 is 23.9 Å². The lowest BCUT2D eigenvalue weighted by Gasteiger charge is -2.36. The summed E-state index contributed by atoms with van der Waals surface area (Å²) in [6.45, 7) is 3.38. The van der Waals surface area contributed by atoms with E-state index in [0.717, 1.165) is 64.4 Å². The van der Waals surface area contributed by atoms with E-state index in [2.05, 4.69) is 36.0 Å². The molecule has 41 heavy (non-hydrogen) atoms. The molecule has 0 aromatic heterocycles. The van der Waals surface area contributed by atoms with E-state index in [0.29, 0.717) is 18.4 Å². The van der Waals surface area contributed by atoms with Gasteiger partial charge in [-0.25, -0.2) is 4.79 Å². The van der Waals surface area contributed by atoms with Crippen molar-refractivity contribution in [1.82, 2.24) is 0 Å². The van der Waals surface area contributed by atoms with E-state index < -0.39 is 18.0 Å². The maximum absolute atomic E-state index is 12.4. The van der Waals surface area contributed by atoms with Crippen molar-refractivity contribution in [3.63, 3.8) is 0 Å². The Kier molecular flexibility index (Phi) is 9.04. The number of allylic oxidation sites excluding steroid dienone is 2. The molecular formula is C32H44O9. The van der Waals surface area contributed by atoms with Crippen LogP contribution in [0.1, 0.15) is 96.8 Å².